The highest BCUT2D eigenvalue weighted by atomic mass is 35.5. The van der Waals surface area contributed by atoms with Crippen LogP contribution in [0, 0.1) is 0 Å². The highest BCUT2D eigenvalue weighted by Gasteiger charge is 2.44. The van der Waals surface area contributed by atoms with E-state index in [4.69, 9.17) is 27.9 Å². The van der Waals surface area contributed by atoms with Gasteiger partial charge in [0, 0.05) is 15.7 Å². The standard InChI is InChI=1S/C20H18Cl2N2O4/c1-20(2,24-18(26)15-5-3-4-6-16(15)19(24)27)11-28-10-17(25)23-14-8-12(21)7-13(22)9-14/h3-9H,10-11H2,1-2H3,(H,23,25). The zero-order chi connectivity index (χ0) is 20.5. The Morgan fingerprint density at radius 1 is 1.04 bits per heavy atom. The molecule has 6 nitrogen and oxygen atoms in total. The molecule has 0 fully saturated rings. The summed E-state index contributed by atoms with van der Waals surface area (Å²) >= 11 is 11.8. The number of anilines is 1. The molecule has 0 unspecified atom stereocenters. The van der Waals surface area contributed by atoms with Crippen molar-refractivity contribution in [3.05, 3.63) is 63.6 Å². The Balaban J connectivity index is 1.59. The first-order valence-electron chi connectivity index (χ1n) is 8.51. The highest BCUT2D eigenvalue weighted by molar-refractivity contribution is 6.35. The van der Waals surface area contributed by atoms with Gasteiger partial charge in [0.25, 0.3) is 11.8 Å². The van der Waals surface area contributed by atoms with E-state index in [1.54, 1.807) is 56.3 Å². The van der Waals surface area contributed by atoms with Crippen LogP contribution < -0.4 is 5.32 Å². The van der Waals surface area contributed by atoms with Gasteiger partial charge < -0.3 is 10.1 Å². The molecule has 8 heteroatoms. The average Bonchev–Trinajstić information content (AvgIpc) is 2.85. The number of ether oxygens (including phenoxy) is 1. The van der Waals surface area contributed by atoms with Crippen LogP contribution in [-0.4, -0.2) is 41.4 Å². The zero-order valence-electron chi connectivity index (χ0n) is 15.3. The van der Waals surface area contributed by atoms with E-state index in [1.807, 2.05) is 0 Å². The highest BCUT2D eigenvalue weighted by Crippen LogP contribution is 2.29. The number of imide groups is 1. The van der Waals surface area contributed by atoms with Gasteiger partial charge in [-0.25, -0.2) is 0 Å². The molecule has 0 atom stereocenters. The van der Waals surface area contributed by atoms with E-state index in [1.165, 1.54) is 4.90 Å². The molecular weight excluding hydrogens is 403 g/mol. The number of fused-ring (bicyclic) bond motifs is 1. The van der Waals surface area contributed by atoms with E-state index in [0.717, 1.165) is 0 Å². The summed E-state index contributed by atoms with van der Waals surface area (Å²) < 4.78 is 5.48. The summed E-state index contributed by atoms with van der Waals surface area (Å²) in [4.78, 5) is 38.5. The first-order chi connectivity index (χ1) is 13.2. The summed E-state index contributed by atoms with van der Waals surface area (Å²) in [5.74, 6) is -1.14. The summed E-state index contributed by atoms with van der Waals surface area (Å²) in [6, 6.07) is 11.3. The van der Waals surface area contributed by atoms with Gasteiger partial charge in [-0.2, -0.15) is 0 Å². The van der Waals surface area contributed by atoms with Gasteiger partial charge in [-0.1, -0.05) is 35.3 Å². The third-order valence-electron chi connectivity index (χ3n) is 4.23. The number of hydrogen-bond acceptors (Lipinski definition) is 4. The number of hydrogen-bond donors (Lipinski definition) is 1. The monoisotopic (exact) mass is 420 g/mol. The fourth-order valence-corrected chi connectivity index (χ4v) is 3.55. The predicted molar refractivity (Wildman–Crippen MR) is 107 cm³/mol. The van der Waals surface area contributed by atoms with Crippen LogP contribution in [0.3, 0.4) is 0 Å². The molecule has 3 rings (SSSR count). The van der Waals surface area contributed by atoms with E-state index in [2.05, 4.69) is 5.32 Å². The second kappa shape index (κ2) is 7.91. The summed E-state index contributed by atoms with van der Waals surface area (Å²) in [6.07, 6.45) is 0. The average molecular weight is 421 g/mol. The Bertz CT molecular complexity index is 904. The number of amides is 3. The van der Waals surface area contributed by atoms with Gasteiger partial charge in [-0.3, -0.25) is 19.3 Å². The Morgan fingerprint density at radius 3 is 2.11 bits per heavy atom. The first-order valence-corrected chi connectivity index (χ1v) is 9.26. The second-order valence-electron chi connectivity index (χ2n) is 7.00. The van der Waals surface area contributed by atoms with Crippen LogP contribution >= 0.6 is 23.2 Å². The lowest BCUT2D eigenvalue weighted by Gasteiger charge is -2.33. The SMILES string of the molecule is CC(C)(COCC(=O)Nc1cc(Cl)cc(Cl)c1)N1C(=O)c2ccccc2C1=O. The number of carbonyl (C=O) groups excluding carboxylic acids is 3. The molecule has 1 aliphatic heterocycles. The largest absolute Gasteiger partial charge is 0.369 e. The number of nitrogens with one attached hydrogen (secondary N) is 1. The maximum atomic E-state index is 12.6. The quantitative estimate of drug-likeness (QED) is 0.715. The van der Waals surface area contributed by atoms with Crippen LogP contribution in [0.2, 0.25) is 10.0 Å². The summed E-state index contributed by atoms with van der Waals surface area (Å²) in [7, 11) is 0. The van der Waals surface area contributed by atoms with Gasteiger partial charge in [-0.15, -0.1) is 0 Å². The maximum absolute atomic E-state index is 12.6. The molecule has 1 heterocycles. The van der Waals surface area contributed by atoms with Crippen molar-refractivity contribution in [2.75, 3.05) is 18.5 Å². The van der Waals surface area contributed by atoms with Gasteiger partial charge in [0.1, 0.15) is 6.61 Å². The van der Waals surface area contributed by atoms with Gasteiger partial charge >= 0.3 is 0 Å². The van der Waals surface area contributed by atoms with Crippen molar-refractivity contribution in [3.63, 3.8) is 0 Å². The van der Waals surface area contributed by atoms with E-state index < -0.39 is 11.4 Å². The fourth-order valence-electron chi connectivity index (χ4n) is 3.02. The van der Waals surface area contributed by atoms with E-state index in [-0.39, 0.29) is 25.0 Å². The first kappa shape index (κ1) is 20.3. The number of rotatable bonds is 6. The predicted octanol–water partition coefficient (Wildman–Crippen LogP) is 4.02. The van der Waals surface area contributed by atoms with Crippen molar-refractivity contribution >= 4 is 46.6 Å². The van der Waals surface area contributed by atoms with E-state index in [9.17, 15) is 14.4 Å². The molecule has 0 saturated carbocycles. The van der Waals surface area contributed by atoms with Gasteiger partial charge in [-0.05, 0) is 44.2 Å². The smallest absolute Gasteiger partial charge is 0.262 e. The normalized spacial score (nSPS) is 13.6. The lowest BCUT2D eigenvalue weighted by atomic mass is 10.0. The minimum absolute atomic E-state index is 0.00217. The third-order valence-corrected chi connectivity index (χ3v) is 4.67. The minimum atomic E-state index is -0.924. The Hall–Kier alpha value is -2.41. The minimum Gasteiger partial charge on any atom is -0.369 e. The van der Waals surface area contributed by atoms with Crippen molar-refractivity contribution < 1.29 is 19.1 Å². The molecular formula is C20H18Cl2N2O4. The molecule has 3 amide bonds. The van der Waals surface area contributed by atoms with Gasteiger partial charge in [0.15, 0.2) is 0 Å². The summed E-state index contributed by atoms with van der Waals surface area (Å²) in [5, 5.41) is 3.43. The topological polar surface area (TPSA) is 75.7 Å². The number of carbonyl (C=O) groups is 3. The van der Waals surface area contributed by atoms with E-state index in [0.29, 0.717) is 26.9 Å². The molecule has 1 aliphatic rings. The lowest BCUT2D eigenvalue weighted by molar-refractivity contribution is -0.121. The fraction of sp³-hybridized carbons (Fsp3) is 0.250. The van der Waals surface area contributed by atoms with Crippen molar-refractivity contribution in [3.8, 4) is 0 Å². The zero-order valence-corrected chi connectivity index (χ0v) is 16.8. The van der Waals surface area contributed by atoms with Crippen LogP contribution in [0.15, 0.2) is 42.5 Å². The van der Waals surface area contributed by atoms with Gasteiger partial charge in [0.05, 0.1) is 23.3 Å². The lowest BCUT2D eigenvalue weighted by Crippen LogP contribution is -2.50. The summed E-state index contributed by atoms with van der Waals surface area (Å²) in [6.45, 7) is 3.17. The second-order valence-corrected chi connectivity index (χ2v) is 7.88. The Kier molecular flexibility index (Phi) is 5.74. The Labute approximate surface area is 172 Å². The van der Waals surface area contributed by atoms with Crippen LogP contribution in [0.25, 0.3) is 0 Å². The van der Waals surface area contributed by atoms with Crippen LogP contribution in [-0.2, 0) is 9.53 Å². The molecule has 0 radical (unpaired) electrons. The molecule has 0 bridgehead atoms. The van der Waals surface area contributed by atoms with Crippen molar-refractivity contribution in [2.24, 2.45) is 0 Å². The molecule has 0 saturated heterocycles. The number of nitrogens with zero attached hydrogens (tertiary/aromatic N) is 1. The summed E-state index contributed by atoms with van der Waals surface area (Å²) in [5.41, 5.74) is 0.269. The Morgan fingerprint density at radius 2 is 1.57 bits per heavy atom. The van der Waals surface area contributed by atoms with E-state index >= 15 is 0 Å². The third kappa shape index (κ3) is 4.19. The molecule has 2 aromatic carbocycles. The molecule has 146 valence electrons. The molecule has 2 aromatic rings. The number of benzene rings is 2. The molecule has 0 aromatic heterocycles. The number of halogens is 2. The maximum Gasteiger partial charge on any atom is 0.262 e. The molecule has 1 N–H and O–H groups in total. The van der Waals surface area contributed by atoms with Crippen molar-refractivity contribution in [1.29, 1.82) is 0 Å². The molecule has 0 spiro atoms. The van der Waals surface area contributed by atoms with Crippen LogP contribution in [0.4, 0.5) is 5.69 Å². The van der Waals surface area contributed by atoms with Crippen LogP contribution in [0.5, 0.6) is 0 Å². The van der Waals surface area contributed by atoms with Gasteiger partial charge in [0.2, 0.25) is 5.91 Å². The molecule has 0 aliphatic carbocycles. The van der Waals surface area contributed by atoms with Crippen molar-refractivity contribution in [2.45, 2.75) is 19.4 Å². The van der Waals surface area contributed by atoms with Crippen molar-refractivity contribution in [1.82, 2.24) is 4.90 Å². The molecule has 28 heavy (non-hydrogen) atoms. The van der Waals surface area contributed by atoms with Crippen LogP contribution in [0.1, 0.15) is 34.6 Å².